The minimum atomic E-state index is -0.709. The number of aryl methyl sites for hydroxylation is 1. The van der Waals surface area contributed by atoms with Crippen molar-refractivity contribution in [3.05, 3.63) is 77.6 Å². The Kier molecular flexibility index (Phi) is 8.79. The van der Waals surface area contributed by atoms with Crippen LogP contribution >= 0.6 is 0 Å². The molecule has 0 aliphatic carbocycles. The number of furan rings is 1. The van der Waals surface area contributed by atoms with Gasteiger partial charge in [0.2, 0.25) is 0 Å². The van der Waals surface area contributed by atoms with Crippen LogP contribution in [0, 0.1) is 18.2 Å². The molecule has 0 fully saturated rings. The van der Waals surface area contributed by atoms with Crippen LogP contribution in [0.3, 0.4) is 0 Å². The zero-order chi connectivity index (χ0) is 30.6. The number of anilines is 2. The molecule has 3 aromatic heterocycles. The summed E-state index contributed by atoms with van der Waals surface area (Å²) >= 11 is 0. The molecule has 0 spiro atoms. The number of ether oxygens (including phenoxy) is 2. The van der Waals surface area contributed by atoms with E-state index in [-0.39, 0.29) is 41.9 Å². The lowest BCUT2D eigenvalue weighted by Crippen LogP contribution is -2.43. The molecule has 4 rings (SSSR count). The molecule has 10 nitrogen and oxygen atoms in total. The van der Waals surface area contributed by atoms with Crippen molar-refractivity contribution in [3.63, 3.8) is 0 Å². The van der Waals surface area contributed by atoms with Gasteiger partial charge in [0, 0.05) is 34.2 Å². The highest BCUT2D eigenvalue weighted by atomic mass is 19.1. The predicted molar refractivity (Wildman–Crippen MR) is 160 cm³/mol. The van der Waals surface area contributed by atoms with E-state index in [1.807, 2.05) is 6.92 Å². The number of pyridine rings is 2. The van der Waals surface area contributed by atoms with Gasteiger partial charge in [-0.1, -0.05) is 12.1 Å². The van der Waals surface area contributed by atoms with Crippen LogP contribution in [-0.4, -0.2) is 40.0 Å². The molecule has 3 heterocycles. The minimum Gasteiger partial charge on any atom is -0.488 e. The SMILES string of the molecule is CC(=N)c1cc(-c2cc(OCC(Cc3cccc(F)c3)NC(=O)OC(C)(C)C)c(N)nc2-c2ccoc2C)cnc1N. The monoisotopic (exact) mass is 574 g/mol. The lowest BCUT2D eigenvalue weighted by molar-refractivity contribution is 0.0488. The Balaban J connectivity index is 1.70. The lowest BCUT2D eigenvalue weighted by atomic mass is 9.98. The summed E-state index contributed by atoms with van der Waals surface area (Å²) in [4.78, 5) is 21.6. The zero-order valence-corrected chi connectivity index (χ0v) is 24.2. The lowest BCUT2D eigenvalue weighted by Gasteiger charge is -2.24. The average molecular weight is 575 g/mol. The van der Waals surface area contributed by atoms with E-state index in [2.05, 4.69) is 15.3 Å². The second kappa shape index (κ2) is 12.3. The fourth-order valence-corrected chi connectivity index (χ4v) is 4.37. The number of nitrogens with two attached hydrogens (primary N) is 2. The van der Waals surface area contributed by atoms with Crippen LogP contribution in [0.15, 0.2) is 59.3 Å². The molecule has 0 bridgehead atoms. The van der Waals surface area contributed by atoms with E-state index in [1.54, 1.807) is 70.5 Å². The Hall–Kier alpha value is -4.93. The zero-order valence-electron chi connectivity index (χ0n) is 24.2. The van der Waals surface area contributed by atoms with E-state index in [0.717, 1.165) is 5.56 Å². The van der Waals surface area contributed by atoms with Crippen molar-refractivity contribution in [3.8, 4) is 28.1 Å². The Labute approximate surface area is 243 Å². The van der Waals surface area contributed by atoms with Crippen molar-refractivity contribution in [2.45, 2.75) is 52.7 Å². The molecule has 4 aromatic rings. The molecule has 11 heteroatoms. The highest BCUT2D eigenvalue weighted by molar-refractivity contribution is 6.01. The van der Waals surface area contributed by atoms with E-state index < -0.39 is 17.7 Å². The van der Waals surface area contributed by atoms with Crippen LogP contribution < -0.4 is 21.5 Å². The van der Waals surface area contributed by atoms with Crippen LogP contribution in [-0.2, 0) is 11.2 Å². The number of halogens is 1. The average Bonchev–Trinajstić information content (AvgIpc) is 3.32. The van der Waals surface area contributed by atoms with Crippen LogP contribution in [0.1, 0.15) is 44.6 Å². The Morgan fingerprint density at radius 1 is 1.14 bits per heavy atom. The fourth-order valence-electron chi connectivity index (χ4n) is 4.37. The van der Waals surface area contributed by atoms with Gasteiger partial charge < -0.3 is 36.1 Å². The van der Waals surface area contributed by atoms with Gasteiger partial charge in [-0.05, 0) is 76.9 Å². The topological polar surface area (TPSA) is 162 Å². The third-order valence-electron chi connectivity index (χ3n) is 6.29. The van der Waals surface area contributed by atoms with Gasteiger partial charge in [-0.25, -0.2) is 19.2 Å². The molecular formula is C31H35FN6O4. The second-order valence-electron chi connectivity index (χ2n) is 10.9. The maximum absolute atomic E-state index is 13.9. The first-order valence-corrected chi connectivity index (χ1v) is 13.3. The van der Waals surface area contributed by atoms with Gasteiger partial charge in [0.25, 0.3) is 0 Å². The van der Waals surface area contributed by atoms with Crippen molar-refractivity contribution < 1.29 is 23.1 Å². The first-order valence-electron chi connectivity index (χ1n) is 13.3. The number of nitrogens with zero attached hydrogens (tertiary/aromatic N) is 2. The number of carbonyl (C=O) groups excluding carboxylic acids is 1. The fraction of sp³-hybridized carbons (Fsp3) is 0.290. The van der Waals surface area contributed by atoms with E-state index in [0.29, 0.717) is 33.7 Å². The minimum absolute atomic E-state index is 0.0179. The largest absolute Gasteiger partial charge is 0.488 e. The molecule has 1 amide bonds. The van der Waals surface area contributed by atoms with Gasteiger partial charge in [0.15, 0.2) is 11.6 Å². The third-order valence-corrected chi connectivity index (χ3v) is 6.29. The normalized spacial score (nSPS) is 12.0. The first kappa shape index (κ1) is 30.0. The molecule has 0 saturated carbocycles. The number of alkyl carbamates (subject to hydrolysis) is 1. The van der Waals surface area contributed by atoms with Crippen LogP contribution in [0.5, 0.6) is 5.75 Å². The number of nitrogens with one attached hydrogen (secondary N) is 2. The van der Waals surface area contributed by atoms with Crippen LogP contribution in [0.2, 0.25) is 0 Å². The number of benzene rings is 1. The van der Waals surface area contributed by atoms with Gasteiger partial charge >= 0.3 is 6.09 Å². The molecule has 42 heavy (non-hydrogen) atoms. The molecule has 1 unspecified atom stereocenters. The van der Waals surface area contributed by atoms with E-state index in [4.69, 9.17) is 30.8 Å². The molecule has 0 radical (unpaired) electrons. The quantitative estimate of drug-likeness (QED) is 0.179. The van der Waals surface area contributed by atoms with Crippen LogP contribution in [0.4, 0.5) is 20.8 Å². The summed E-state index contributed by atoms with van der Waals surface area (Å²) in [5, 5.41) is 10.9. The predicted octanol–water partition coefficient (Wildman–Crippen LogP) is 5.92. The molecule has 0 aliphatic heterocycles. The number of carbonyl (C=O) groups is 1. The van der Waals surface area contributed by atoms with Crippen molar-refractivity contribution in [2.24, 2.45) is 0 Å². The maximum Gasteiger partial charge on any atom is 0.408 e. The highest BCUT2D eigenvalue weighted by Gasteiger charge is 2.23. The maximum atomic E-state index is 13.9. The number of nitrogen functional groups attached to an aromatic ring is 2. The van der Waals surface area contributed by atoms with E-state index in [1.165, 1.54) is 12.1 Å². The number of rotatable bonds is 9. The van der Waals surface area contributed by atoms with Gasteiger partial charge in [0.1, 0.15) is 29.6 Å². The van der Waals surface area contributed by atoms with Gasteiger partial charge in [-0.2, -0.15) is 0 Å². The van der Waals surface area contributed by atoms with Gasteiger partial charge in [0.05, 0.1) is 18.0 Å². The first-order chi connectivity index (χ1) is 19.8. The van der Waals surface area contributed by atoms with Gasteiger partial charge in [-0.3, -0.25) is 0 Å². The van der Waals surface area contributed by atoms with E-state index in [9.17, 15) is 9.18 Å². The molecule has 1 aromatic carbocycles. The molecular weight excluding hydrogens is 539 g/mol. The summed E-state index contributed by atoms with van der Waals surface area (Å²) in [5.41, 5.74) is 15.6. The molecule has 220 valence electrons. The summed E-state index contributed by atoms with van der Waals surface area (Å²) in [6.07, 6.45) is 2.79. The molecule has 0 saturated heterocycles. The molecule has 1 atom stereocenters. The van der Waals surface area contributed by atoms with Crippen LogP contribution in [0.25, 0.3) is 22.4 Å². The van der Waals surface area contributed by atoms with Crippen molar-refractivity contribution >= 4 is 23.4 Å². The Bertz CT molecular complexity index is 1610. The van der Waals surface area contributed by atoms with Gasteiger partial charge in [-0.15, -0.1) is 0 Å². The van der Waals surface area contributed by atoms with Crippen molar-refractivity contribution in [1.29, 1.82) is 5.41 Å². The summed E-state index contributed by atoms with van der Waals surface area (Å²) in [6.45, 7) is 8.72. The van der Waals surface area contributed by atoms with Crippen molar-refractivity contribution in [1.82, 2.24) is 15.3 Å². The van der Waals surface area contributed by atoms with E-state index >= 15 is 0 Å². The third kappa shape index (κ3) is 7.42. The number of hydrogen-bond acceptors (Lipinski definition) is 9. The highest BCUT2D eigenvalue weighted by Crippen LogP contribution is 2.38. The second-order valence-corrected chi connectivity index (χ2v) is 10.9. The smallest absolute Gasteiger partial charge is 0.408 e. The molecule has 0 aliphatic rings. The number of amides is 1. The summed E-state index contributed by atoms with van der Waals surface area (Å²) in [6, 6.07) is 10.8. The molecule has 6 N–H and O–H groups in total. The van der Waals surface area contributed by atoms with Crippen molar-refractivity contribution in [2.75, 3.05) is 18.1 Å². The summed E-state index contributed by atoms with van der Waals surface area (Å²) in [7, 11) is 0. The summed E-state index contributed by atoms with van der Waals surface area (Å²) in [5.74, 6) is 0.864. The Morgan fingerprint density at radius 2 is 1.90 bits per heavy atom. The Morgan fingerprint density at radius 3 is 2.55 bits per heavy atom. The summed E-state index contributed by atoms with van der Waals surface area (Å²) < 4.78 is 31.0. The number of hydrogen-bond donors (Lipinski definition) is 4. The number of aromatic nitrogens is 2. The standard InChI is InChI=1S/C31H35FN6O4/c1-17(33)24-13-20(15-36-28(24)34)25-14-26(29(35)38-27(25)23-9-10-40-18(23)2)41-16-22(37-30(39)42-31(3,4)5)12-19-7-6-8-21(32)11-19/h6-11,13-15,22,33H,12,16H2,1-5H3,(H2,34,36)(H2,35,38)(H,37,39).